The number of carbonyl (C=O) groups is 2. The van der Waals surface area contributed by atoms with Gasteiger partial charge in [0.15, 0.2) is 5.75 Å². The van der Waals surface area contributed by atoms with E-state index in [1.165, 1.54) is 0 Å². The predicted molar refractivity (Wildman–Crippen MR) is 140 cm³/mol. The van der Waals surface area contributed by atoms with Gasteiger partial charge in [0.05, 0.1) is 21.5 Å². The number of aryl methyl sites for hydroxylation is 1. The Morgan fingerprint density at radius 1 is 0.912 bits per heavy atom. The average molecular weight is 553 g/mol. The van der Waals surface area contributed by atoms with Crippen molar-refractivity contribution < 1.29 is 14.3 Å². The third-order valence-electron chi connectivity index (χ3n) is 5.04. The lowest BCUT2D eigenvalue weighted by atomic mass is 10.1. The van der Waals surface area contributed by atoms with Crippen LogP contribution in [-0.4, -0.2) is 16.0 Å². The molecular formula is C25H17Cl4NO3S. The second kappa shape index (κ2) is 10.6. The van der Waals surface area contributed by atoms with Crippen molar-refractivity contribution in [3.63, 3.8) is 0 Å². The summed E-state index contributed by atoms with van der Waals surface area (Å²) < 4.78 is 5.83. The fourth-order valence-electron chi connectivity index (χ4n) is 3.39. The maximum atomic E-state index is 12.9. The van der Waals surface area contributed by atoms with Crippen LogP contribution < -0.4 is 4.74 Å². The lowest BCUT2D eigenvalue weighted by Gasteiger charge is -2.14. The normalized spacial score (nSPS) is 14.9. The summed E-state index contributed by atoms with van der Waals surface area (Å²) in [5.74, 6) is -0.0959. The zero-order valence-electron chi connectivity index (χ0n) is 17.8. The van der Waals surface area contributed by atoms with Crippen LogP contribution in [0.25, 0.3) is 6.08 Å². The Morgan fingerprint density at radius 2 is 1.56 bits per heavy atom. The van der Waals surface area contributed by atoms with E-state index in [-0.39, 0.29) is 11.4 Å². The van der Waals surface area contributed by atoms with Crippen LogP contribution in [0.3, 0.4) is 0 Å². The average Bonchev–Trinajstić information content (AvgIpc) is 3.03. The van der Waals surface area contributed by atoms with Gasteiger partial charge in [0, 0.05) is 15.6 Å². The minimum Gasteiger partial charge on any atom is -0.486 e. The first-order valence-corrected chi connectivity index (χ1v) is 12.4. The number of imide groups is 1. The van der Waals surface area contributed by atoms with Crippen LogP contribution in [0.15, 0.2) is 59.5 Å². The Morgan fingerprint density at radius 3 is 2.21 bits per heavy atom. The molecule has 0 N–H and O–H groups in total. The van der Waals surface area contributed by atoms with Crippen LogP contribution in [0.4, 0.5) is 4.79 Å². The van der Waals surface area contributed by atoms with Crippen molar-refractivity contribution in [3.05, 3.63) is 102 Å². The third kappa shape index (κ3) is 5.56. The highest BCUT2D eigenvalue weighted by atomic mass is 35.5. The molecule has 1 saturated heterocycles. The van der Waals surface area contributed by atoms with E-state index in [1.54, 1.807) is 36.4 Å². The summed E-state index contributed by atoms with van der Waals surface area (Å²) in [4.78, 5) is 26.8. The van der Waals surface area contributed by atoms with Crippen LogP contribution in [0.5, 0.6) is 5.75 Å². The highest BCUT2D eigenvalue weighted by Gasteiger charge is 2.35. The molecule has 174 valence electrons. The summed E-state index contributed by atoms with van der Waals surface area (Å²) >= 11 is 26.1. The quantitative estimate of drug-likeness (QED) is 0.288. The standard InChI is InChI=1S/C25H17Cl4NO3S/c1-14-4-2-5-15(8-14)13-33-23-20(28)9-16(10-21(23)29)11-22-24(31)30(25(32)34-22)12-17-18(26)6-3-7-19(17)27/h2-11H,12-13H2,1H3/b22-11-. The highest BCUT2D eigenvalue weighted by Crippen LogP contribution is 2.39. The molecule has 4 nitrogen and oxygen atoms in total. The van der Waals surface area contributed by atoms with Gasteiger partial charge in [-0.25, -0.2) is 0 Å². The van der Waals surface area contributed by atoms with Crippen molar-refractivity contribution in [1.29, 1.82) is 0 Å². The fourth-order valence-corrected chi connectivity index (χ4v) is 5.36. The number of rotatable bonds is 6. The van der Waals surface area contributed by atoms with Gasteiger partial charge in [-0.3, -0.25) is 14.5 Å². The summed E-state index contributed by atoms with van der Waals surface area (Å²) in [6.45, 7) is 2.29. The molecule has 0 bridgehead atoms. The molecule has 0 saturated carbocycles. The molecule has 34 heavy (non-hydrogen) atoms. The van der Waals surface area contributed by atoms with Crippen molar-refractivity contribution in [2.75, 3.05) is 0 Å². The monoisotopic (exact) mass is 551 g/mol. The zero-order valence-corrected chi connectivity index (χ0v) is 21.6. The van der Waals surface area contributed by atoms with E-state index in [0.717, 1.165) is 27.8 Å². The molecule has 0 spiro atoms. The molecule has 9 heteroatoms. The molecular weight excluding hydrogens is 536 g/mol. The molecule has 1 aliphatic heterocycles. The van der Waals surface area contributed by atoms with Crippen LogP contribution in [-0.2, 0) is 17.9 Å². The number of halogens is 4. The third-order valence-corrected chi connectivity index (χ3v) is 7.21. The van der Waals surface area contributed by atoms with Gasteiger partial charge >= 0.3 is 0 Å². The first kappa shape index (κ1) is 25.0. The molecule has 1 fully saturated rings. The number of thioether (sulfide) groups is 1. The first-order valence-electron chi connectivity index (χ1n) is 10.1. The van der Waals surface area contributed by atoms with Crippen LogP contribution in [0, 0.1) is 6.92 Å². The molecule has 0 aliphatic carbocycles. The first-order chi connectivity index (χ1) is 16.2. The molecule has 0 atom stereocenters. The van der Waals surface area contributed by atoms with Crippen LogP contribution in [0.1, 0.15) is 22.3 Å². The number of hydrogen-bond acceptors (Lipinski definition) is 4. The van der Waals surface area contributed by atoms with Gasteiger partial charge in [-0.2, -0.15) is 0 Å². The van der Waals surface area contributed by atoms with Crippen molar-refractivity contribution in [3.8, 4) is 5.75 Å². The van der Waals surface area contributed by atoms with Crippen LogP contribution >= 0.6 is 58.2 Å². The number of carbonyl (C=O) groups excluding carboxylic acids is 2. The minimum absolute atomic E-state index is 0.0201. The number of ether oxygens (including phenoxy) is 1. The van der Waals surface area contributed by atoms with Gasteiger partial charge in [0.2, 0.25) is 0 Å². The van der Waals surface area contributed by atoms with E-state index in [1.807, 2.05) is 31.2 Å². The Kier molecular flexibility index (Phi) is 7.80. The number of benzene rings is 3. The molecule has 1 aliphatic rings. The van der Waals surface area contributed by atoms with E-state index < -0.39 is 11.1 Å². The van der Waals surface area contributed by atoms with Crippen molar-refractivity contribution >= 4 is 75.4 Å². The summed E-state index contributed by atoms with van der Waals surface area (Å²) in [6.07, 6.45) is 1.57. The maximum Gasteiger partial charge on any atom is 0.293 e. The summed E-state index contributed by atoms with van der Waals surface area (Å²) in [5.41, 5.74) is 3.19. The Hall–Kier alpha value is -2.15. The second-order valence-corrected chi connectivity index (χ2v) is 10.2. The molecule has 0 radical (unpaired) electrons. The summed E-state index contributed by atoms with van der Waals surface area (Å²) in [7, 11) is 0. The van der Waals surface area contributed by atoms with E-state index in [2.05, 4.69) is 0 Å². The SMILES string of the molecule is Cc1cccc(COc2c(Cl)cc(/C=C3\SC(=O)N(Cc4c(Cl)cccc4Cl)C3=O)cc2Cl)c1. The molecule has 3 aromatic carbocycles. The smallest absolute Gasteiger partial charge is 0.293 e. The van der Waals surface area contributed by atoms with E-state index in [9.17, 15) is 9.59 Å². The van der Waals surface area contributed by atoms with Gasteiger partial charge in [-0.05, 0) is 60.2 Å². The predicted octanol–water partition coefficient (Wildman–Crippen LogP) is 8.42. The lowest BCUT2D eigenvalue weighted by molar-refractivity contribution is -0.123. The van der Waals surface area contributed by atoms with Gasteiger partial charge in [-0.15, -0.1) is 0 Å². The van der Waals surface area contributed by atoms with E-state index in [0.29, 0.717) is 43.6 Å². The molecule has 2 amide bonds. The molecule has 4 rings (SSSR count). The zero-order chi connectivity index (χ0) is 24.4. The number of amides is 2. The van der Waals surface area contributed by atoms with Crippen molar-refractivity contribution in [2.24, 2.45) is 0 Å². The summed E-state index contributed by atoms with van der Waals surface area (Å²) in [6, 6.07) is 16.2. The highest BCUT2D eigenvalue weighted by molar-refractivity contribution is 8.18. The molecule has 0 aromatic heterocycles. The fraction of sp³-hybridized carbons (Fsp3) is 0.120. The lowest BCUT2D eigenvalue weighted by Crippen LogP contribution is -2.27. The minimum atomic E-state index is -0.446. The van der Waals surface area contributed by atoms with Gasteiger partial charge in [0.25, 0.3) is 11.1 Å². The van der Waals surface area contributed by atoms with Gasteiger partial charge in [0.1, 0.15) is 6.61 Å². The second-order valence-electron chi connectivity index (χ2n) is 7.56. The number of hydrogen-bond donors (Lipinski definition) is 0. The van der Waals surface area contributed by atoms with Crippen LogP contribution in [0.2, 0.25) is 20.1 Å². The Balaban J connectivity index is 1.52. The van der Waals surface area contributed by atoms with Crippen molar-refractivity contribution in [1.82, 2.24) is 4.90 Å². The van der Waals surface area contributed by atoms with Gasteiger partial charge < -0.3 is 4.74 Å². The molecule has 0 unspecified atom stereocenters. The largest absolute Gasteiger partial charge is 0.486 e. The number of nitrogens with zero attached hydrogens (tertiary/aromatic N) is 1. The molecule has 3 aromatic rings. The van der Waals surface area contributed by atoms with Crippen molar-refractivity contribution in [2.45, 2.75) is 20.1 Å². The van der Waals surface area contributed by atoms with Gasteiger partial charge in [-0.1, -0.05) is 82.3 Å². The Bertz CT molecular complexity index is 1280. The van der Waals surface area contributed by atoms with E-state index in [4.69, 9.17) is 51.1 Å². The topological polar surface area (TPSA) is 46.6 Å². The summed E-state index contributed by atoms with van der Waals surface area (Å²) in [5, 5.41) is 0.954. The Labute approximate surface area is 221 Å². The van der Waals surface area contributed by atoms with E-state index >= 15 is 0 Å². The maximum absolute atomic E-state index is 12.9. The molecule has 1 heterocycles.